The average Bonchev–Trinajstić information content (AvgIpc) is 2.78. The molecule has 2 amide bonds. The van der Waals surface area contributed by atoms with E-state index < -0.39 is 0 Å². The fraction of sp³-hybridized carbons (Fsp3) is 0.0833. The zero-order valence-electron chi connectivity index (χ0n) is 16.4. The van der Waals surface area contributed by atoms with E-state index in [0.29, 0.717) is 5.71 Å². The van der Waals surface area contributed by atoms with Crippen molar-refractivity contribution in [2.24, 2.45) is 10.2 Å². The molecule has 6 nitrogen and oxygen atoms in total. The van der Waals surface area contributed by atoms with Crippen LogP contribution in [0.5, 0.6) is 0 Å². The lowest BCUT2D eigenvalue weighted by Crippen LogP contribution is -2.24. The van der Waals surface area contributed by atoms with E-state index >= 15 is 0 Å². The summed E-state index contributed by atoms with van der Waals surface area (Å²) in [6, 6.07) is 28.1. The Labute approximate surface area is 175 Å². The Bertz CT molecular complexity index is 1020. The molecule has 0 unspecified atom stereocenters. The molecule has 0 aromatic heterocycles. The second-order valence-corrected chi connectivity index (χ2v) is 6.52. The van der Waals surface area contributed by atoms with E-state index in [1.807, 2.05) is 91.0 Å². The number of carbonyl (C=O) groups is 2. The third-order valence-corrected chi connectivity index (χ3v) is 4.16. The molecule has 3 aromatic rings. The maximum absolute atomic E-state index is 12.2. The molecule has 30 heavy (non-hydrogen) atoms. The van der Waals surface area contributed by atoms with Gasteiger partial charge >= 0.3 is 0 Å². The summed E-state index contributed by atoms with van der Waals surface area (Å²) in [5.74, 6) is -0.478. The maximum Gasteiger partial charge on any atom is 0.244 e. The van der Waals surface area contributed by atoms with Crippen molar-refractivity contribution in [3.63, 3.8) is 0 Å². The van der Waals surface area contributed by atoms with Gasteiger partial charge in [-0.1, -0.05) is 91.0 Å². The zero-order valence-corrected chi connectivity index (χ0v) is 16.4. The van der Waals surface area contributed by atoms with E-state index in [-0.39, 0.29) is 24.7 Å². The van der Waals surface area contributed by atoms with Crippen molar-refractivity contribution in [2.75, 3.05) is 0 Å². The molecule has 3 rings (SSSR count). The van der Waals surface area contributed by atoms with Crippen LogP contribution in [0.15, 0.2) is 101 Å². The first-order valence-electron chi connectivity index (χ1n) is 9.52. The largest absolute Gasteiger partial charge is 0.273 e. The normalized spacial score (nSPS) is 11.3. The van der Waals surface area contributed by atoms with Gasteiger partial charge in [-0.25, -0.2) is 10.9 Å². The number of rotatable bonds is 8. The molecular weight excluding hydrogens is 376 g/mol. The number of amides is 2. The van der Waals surface area contributed by atoms with Gasteiger partial charge in [0.1, 0.15) is 5.71 Å². The minimum atomic E-state index is -0.240. The maximum atomic E-state index is 12.2. The summed E-state index contributed by atoms with van der Waals surface area (Å²) in [4.78, 5) is 24.3. The highest BCUT2D eigenvalue weighted by atomic mass is 16.2. The third-order valence-electron chi connectivity index (χ3n) is 4.16. The van der Waals surface area contributed by atoms with Gasteiger partial charge in [0.15, 0.2) is 0 Å². The average molecular weight is 398 g/mol. The SMILES string of the molecule is O=C(Cc1ccccc1)N/N=C/C(=N/NC(=O)Cc1ccccc1)c1ccccc1. The molecular formula is C24H22N4O2. The smallest absolute Gasteiger partial charge is 0.244 e. The highest BCUT2D eigenvalue weighted by Gasteiger charge is 2.06. The summed E-state index contributed by atoms with van der Waals surface area (Å²) in [6.07, 6.45) is 1.86. The van der Waals surface area contributed by atoms with Gasteiger partial charge in [-0.2, -0.15) is 10.2 Å². The van der Waals surface area contributed by atoms with E-state index in [1.54, 1.807) is 0 Å². The summed E-state index contributed by atoms with van der Waals surface area (Å²) < 4.78 is 0. The molecule has 0 aliphatic heterocycles. The van der Waals surface area contributed by atoms with Crippen LogP contribution in [0, 0.1) is 0 Å². The summed E-state index contributed by atoms with van der Waals surface area (Å²) in [5.41, 5.74) is 8.03. The molecule has 0 aliphatic rings. The molecule has 3 aromatic carbocycles. The fourth-order valence-electron chi connectivity index (χ4n) is 2.71. The lowest BCUT2D eigenvalue weighted by molar-refractivity contribution is -0.121. The first-order valence-corrected chi connectivity index (χ1v) is 9.52. The van der Waals surface area contributed by atoms with Crippen LogP contribution in [-0.2, 0) is 22.4 Å². The van der Waals surface area contributed by atoms with Gasteiger partial charge < -0.3 is 0 Å². The topological polar surface area (TPSA) is 82.9 Å². The van der Waals surface area contributed by atoms with E-state index in [9.17, 15) is 9.59 Å². The molecule has 0 bridgehead atoms. The van der Waals surface area contributed by atoms with Crippen LogP contribution in [0.25, 0.3) is 0 Å². The van der Waals surface area contributed by atoms with Crippen molar-refractivity contribution >= 4 is 23.7 Å². The van der Waals surface area contributed by atoms with Crippen LogP contribution in [0.2, 0.25) is 0 Å². The summed E-state index contributed by atoms with van der Waals surface area (Å²) in [7, 11) is 0. The van der Waals surface area contributed by atoms with Gasteiger partial charge in [0.05, 0.1) is 19.1 Å². The molecule has 150 valence electrons. The second kappa shape index (κ2) is 11.1. The highest BCUT2D eigenvalue weighted by molar-refractivity contribution is 6.38. The Morgan fingerprint density at radius 2 is 1.13 bits per heavy atom. The number of hydrazone groups is 2. The Morgan fingerprint density at radius 1 is 0.667 bits per heavy atom. The molecule has 0 saturated heterocycles. The van der Waals surface area contributed by atoms with Gasteiger partial charge in [-0.3, -0.25) is 9.59 Å². The molecule has 0 spiro atoms. The molecule has 0 saturated carbocycles. The summed E-state index contributed by atoms with van der Waals surface area (Å²) in [5, 5.41) is 8.19. The Balaban J connectivity index is 1.63. The number of hydrogen-bond acceptors (Lipinski definition) is 4. The number of benzene rings is 3. The minimum Gasteiger partial charge on any atom is -0.273 e. The van der Waals surface area contributed by atoms with Crippen LogP contribution < -0.4 is 10.9 Å². The van der Waals surface area contributed by atoms with Crippen LogP contribution in [0.4, 0.5) is 0 Å². The van der Waals surface area contributed by atoms with E-state index in [2.05, 4.69) is 21.1 Å². The van der Waals surface area contributed by atoms with Crippen molar-refractivity contribution in [3.05, 3.63) is 108 Å². The molecule has 0 fully saturated rings. The number of carbonyl (C=O) groups excluding carboxylic acids is 2. The third kappa shape index (κ3) is 6.83. The van der Waals surface area contributed by atoms with E-state index in [4.69, 9.17) is 0 Å². The van der Waals surface area contributed by atoms with Crippen molar-refractivity contribution in [3.8, 4) is 0 Å². The highest BCUT2D eigenvalue weighted by Crippen LogP contribution is 2.02. The van der Waals surface area contributed by atoms with Crippen LogP contribution in [-0.4, -0.2) is 23.7 Å². The number of hydrogen-bond donors (Lipinski definition) is 2. The predicted octanol–water partition coefficient (Wildman–Crippen LogP) is 3.09. The van der Waals surface area contributed by atoms with E-state index in [1.165, 1.54) is 6.21 Å². The Morgan fingerprint density at radius 3 is 1.67 bits per heavy atom. The lowest BCUT2D eigenvalue weighted by Gasteiger charge is -2.04. The minimum absolute atomic E-state index is 0.220. The van der Waals surface area contributed by atoms with Gasteiger partial charge in [-0.15, -0.1) is 0 Å². The van der Waals surface area contributed by atoms with E-state index in [0.717, 1.165) is 16.7 Å². The van der Waals surface area contributed by atoms with Crippen molar-refractivity contribution < 1.29 is 9.59 Å². The number of nitrogens with one attached hydrogen (secondary N) is 2. The molecule has 0 heterocycles. The predicted molar refractivity (Wildman–Crippen MR) is 118 cm³/mol. The first-order chi connectivity index (χ1) is 14.7. The van der Waals surface area contributed by atoms with Gasteiger partial charge in [0.2, 0.25) is 11.8 Å². The van der Waals surface area contributed by atoms with Crippen LogP contribution in [0.1, 0.15) is 16.7 Å². The standard InChI is InChI=1S/C24H22N4O2/c29-23(16-19-10-4-1-5-11-19)27-25-18-22(21-14-8-3-9-15-21)26-28-24(30)17-20-12-6-2-7-13-20/h1-15,18H,16-17H2,(H,27,29)(H,28,30)/b25-18+,26-22-. The van der Waals surface area contributed by atoms with Crippen molar-refractivity contribution in [2.45, 2.75) is 12.8 Å². The summed E-state index contributed by atoms with van der Waals surface area (Å²) in [6.45, 7) is 0. The fourth-order valence-corrected chi connectivity index (χ4v) is 2.71. The van der Waals surface area contributed by atoms with Gasteiger partial charge in [0.25, 0.3) is 0 Å². The summed E-state index contributed by atoms with van der Waals surface area (Å²) >= 11 is 0. The quantitative estimate of drug-likeness (QED) is 0.451. The molecule has 0 aliphatic carbocycles. The van der Waals surface area contributed by atoms with Crippen molar-refractivity contribution in [1.29, 1.82) is 0 Å². The van der Waals surface area contributed by atoms with Crippen LogP contribution in [0.3, 0.4) is 0 Å². The number of nitrogens with zero attached hydrogens (tertiary/aromatic N) is 2. The van der Waals surface area contributed by atoms with Crippen LogP contribution >= 0.6 is 0 Å². The molecule has 0 radical (unpaired) electrons. The van der Waals surface area contributed by atoms with Gasteiger partial charge in [0, 0.05) is 5.56 Å². The van der Waals surface area contributed by atoms with Gasteiger partial charge in [-0.05, 0) is 11.1 Å². The second-order valence-electron chi connectivity index (χ2n) is 6.52. The monoisotopic (exact) mass is 398 g/mol. The first kappa shape index (κ1) is 20.7. The Hall–Kier alpha value is -4.06. The lowest BCUT2D eigenvalue weighted by atomic mass is 10.1. The molecule has 6 heteroatoms. The Kier molecular flexibility index (Phi) is 7.62. The molecule has 2 N–H and O–H groups in total. The van der Waals surface area contributed by atoms with Crippen molar-refractivity contribution in [1.82, 2.24) is 10.9 Å². The molecule has 0 atom stereocenters. The zero-order chi connectivity index (χ0) is 21.0.